The maximum absolute atomic E-state index is 14.7. The first-order valence-electron chi connectivity index (χ1n) is 12.2. The predicted octanol–water partition coefficient (Wildman–Crippen LogP) is 2.83. The summed E-state index contributed by atoms with van der Waals surface area (Å²) < 4.78 is 17.2. The zero-order valence-corrected chi connectivity index (χ0v) is 21.1. The quantitative estimate of drug-likeness (QED) is 0.298. The molecule has 1 aliphatic rings. The number of halogens is 1. The Morgan fingerprint density at radius 1 is 1.11 bits per heavy atom. The third-order valence-electron chi connectivity index (χ3n) is 6.50. The van der Waals surface area contributed by atoms with Crippen LogP contribution in [0.5, 0.6) is 0 Å². The molecule has 2 heterocycles. The number of nitrogens with one attached hydrogen (secondary N) is 4. The van der Waals surface area contributed by atoms with Gasteiger partial charge in [0.15, 0.2) is 0 Å². The molecular formula is C27H27FN6O4. The van der Waals surface area contributed by atoms with Gasteiger partial charge in [0, 0.05) is 17.3 Å². The van der Waals surface area contributed by atoms with Gasteiger partial charge in [0.05, 0.1) is 23.4 Å². The van der Waals surface area contributed by atoms with E-state index in [0.717, 1.165) is 0 Å². The first kappa shape index (κ1) is 25.2. The van der Waals surface area contributed by atoms with E-state index < -0.39 is 22.6 Å². The molecule has 1 saturated carbocycles. The van der Waals surface area contributed by atoms with E-state index in [0.29, 0.717) is 29.8 Å². The molecule has 1 fully saturated rings. The molecule has 2 aromatic heterocycles. The number of benzene rings is 2. The van der Waals surface area contributed by atoms with Crippen LogP contribution >= 0.6 is 0 Å². The van der Waals surface area contributed by atoms with Gasteiger partial charge in [-0.05, 0) is 69.6 Å². The van der Waals surface area contributed by atoms with Gasteiger partial charge in [-0.1, -0.05) is 12.1 Å². The summed E-state index contributed by atoms with van der Waals surface area (Å²) in [5, 5.41) is 8.44. The number of aromatic amines is 1. The minimum Gasteiger partial charge on any atom is -0.339 e. The number of amides is 1. The van der Waals surface area contributed by atoms with Gasteiger partial charge >= 0.3 is 5.69 Å². The molecule has 196 valence electrons. The van der Waals surface area contributed by atoms with Crippen molar-refractivity contribution in [3.8, 4) is 5.69 Å². The van der Waals surface area contributed by atoms with Gasteiger partial charge in [-0.2, -0.15) is 0 Å². The van der Waals surface area contributed by atoms with Crippen LogP contribution in [0, 0.1) is 19.7 Å². The molecule has 1 aliphatic carbocycles. The molecule has 1 amide bonds. The average molecular weight is 519 g/mol. The highest BCUT2D eigenvalue weighted by molar-refractivity contribution is 5.94. The van der Waals surface area contributed by atoms with E-state index in [4.69, 9.17) is 0 Å². The molecule has 0 radical (unpaired) electrons. The molecule has 5 rings (SSSR count). The zero-order valence-electron chi connectivity index (χ0n) is 21.1. The van der Waals surface area contributed by atoms with Gasteiger partial charge in [0.2, 0.25) is 5.91 Å². The normalized spacial score (nSPS) is 13.1. The highest BCUT2D eigenvalue weighted by Gasteiger charge is 2.31. The van der Waals surface area contributed by atoms with Gasteiger partial charge in [0.25, 0.3) is 11.1 Å². The Morgan fingerprint density at radius 2 is 1.87 bits per heavy atom. The van der Waals surface area contributed by atoms with E-state index >= 15 is 0 Å². The Hall–Kier alpha value is -4.51. The molecule has 11 heteroatoms. The average Bonchev–Trinajstić information content (AvgIpc) is 3.69. The van der Waals surface area contributed by atoms with Crippen LogP contribution in [0.1, 0.15) is 30.0 Å². The Labute approximate surface area is 216 Å². The van der Waals surface area contributed by atoms with Gasteiger partial charge in [0.1, 0.15) is 17.0 Å². The van der Waals surface area contributed by atoms with Gasteiger partial charge in [-0.15, -0.1) is 0 Å². The number of aryl methyl sites for hydroxylation is 2. The topological polar surface area (TPSA) is 130 Å². The Morgan fingerprint density at radius 3 is 2.55 bits per heavy atom. The summed E-state index contributed by atoms with van der Waals surface area (Å²) in [7, 11) is 1.65. The molecule has 10 nitrogen and oxygen atoms in total. The Balaban J connectivity index is 1.80. The second kappa shape index (κ2) is 9.75. The molecule has 4 aromatic rings. The fourth-order valence-corrected chi connectivity index (χ4v) is 4.51. The summed E-state index contributed by atoms with van der Waals surface area (Å²) in [5.74, 6) is -0.838. The number of likely N-dealkylation sites (N-methyl/N-ethyl adjacent to an activating group) is 1. The minimum absolute atomic E-state index is 0.00928. The van der Waals surface area contributed by atoms with E-state index in [1.807, 2.05) is 0 Å². The van der Waals surface area contributed by atoms with E-state index in [2.05, 4.69) is 20.9 Å². The molecule has 38 heavy (non-hydrogen) atoms. The highest BCUT2D eigenvalue weighted by Crippen LogP contribution is 2.34. The van der Waals surface area contributed by atoms with Crippen molar-refractivity contribution in [1.82, 2.24) is 19.4 Å². The van der Waals surface area contributed by atoms with Gasteiger partial charge in [-0.25, -0.2) is 9.18 Å². The van der Waals surface area contributed by atoms with Crippen molar-refractivity contribution in [2.24, 2.45) is 0 Å². The molecule has 0 unspecified atom stereocenters. The lowest BCUT2D eigenvalue weighted by molar-refractivity contribution is -0.115. The van der Waals surface area contributed by atoms with Crippen LogP contribution < -0.4 is 32.8 Å². The lowest BCUT2D eigenvalue weighted by Crippen LogP contribution is -2.40. The van der Waals surface area contributed by atoms with Crippen LogP contribution in [0.15, 0.2) is 56.8 Å². The Kier molecular flexibility index (Phi) is 6.45. The molecule has 0 aliphatic heterocycles. The molecule has 0 saturated heterocycles. The van der Waals surface area contributed by atoms with Gasteiger partial charge < -0.3 is 20.9 Å². The van der Waals surface area contributed by atoms with Crippen molar-refractivity contribution in [3.05, 3.63) is 90.6 Å². The van der Waals surface area contributed by atoms with Crippen molar-refractivity contribution in [1.29, 1.82) is 0 Å². The summed E-state index contributed by atoms with van der Waals surface area (Å²) in [6.45, 7) is 3.36. The first-order valence-corrected chi connectivity index (χ1v) is 12.2. The second-order valence-corrected chi connectivity index (χ2v) is 9.44. The summed E-state index contributed by atoms with van der Waals surface area (Å²) >= 11 is 0. The number of H-pyrrole nitrogens is 1. The smallest absolute Gasteiger partial charge is 0.336 e. The van der Waals surface area contributed by atoms with Crippen LogP contribution in [0.25, 0.3) is 16.6 Å². The molecule has 0 bridgehead atoms. The maximum Gasteiger partial charge on any atom is 0.336 e. The molecule has 0 spiro atoms. The number of pyridine rings is 1. The van der Waals surface area contributed by atoms with Crippen molar-refractivity contribution in [2.45, 2.75) is 32.7 Å². The number of hydrogen-bond acceptors (Lipinski definition) is 6. The lowest BCUT2D eigenvalue weighted by Gasteiger charge is -2.19. The molecule has 4 N–H and O–H groups in total. The summed E-state index contributed by atoms with van der Waals surface area (Å²) in [6, 6.07) is 10.9. The molecule has 0 atom stereocenters. The van der Waals surface area contributed by atoms with Crippen LogP contribution in [0.2, 0.25) is 0 Å². The monoisotopic (exact) mass is 518 g/mol. The zero-order chi connectivity index (χ0) is 27.1. The summed E-state index contributed by atoms with van der Waals surface area (Å²) in [4.78, 5) is 55.3. The summed E-state index contributed by atoms with van der Waals surface area (Å²) in [5.41, 5.74) is 0.130. The minimum atomic E-state index is -0.593. The van der Waals surface area contributed by atoms with Crippen molar-refractivity contribution >= 4 is 34.0 Å². The van der Waals surface area contributed by atoms with Crippen LogP contribution in [-0.2, 0) is 4.79 Å². The number of anilines is 3. The number of fused-ring (bicyclic) bond motifs is 1. The number of rotatable bonds is 7. The molecule has 2 aromatic carbocycles. The van der Waals surface area contributed by atoms with Crippen LogP contribution in [-0.4, -0.2) is 33.6 Å². The van der Waals surface area contributed by atoms with Crippen LogP contribution in [0.4, 0.5) is 21.6 Å². The number of carbonyl (C=O) groups is 1. The second-order valence-electron chi connectivity index (χ2n) is 9.44. The van der Waals surface area contributed by atoms with Gasteiger partial charge in [-0.3, -0.25) is 23.5 Å². The van der Waals surface area contributed by atoms with Crippen molar-refractivity contribution < 1.29 is 9.18 Å². The van der Waals surface area contributed by atoms with Crippen molar-refractivity contribution in [2.75, 3.05) is 24.2 Å². The van der Waals surface area contributed by atoms with E-state index in [1.54, 1.807) is 44.3 Å². The predicted molar refractivity (Wildman–Crippen MR) is 144 cm³/mol. The van der Waals surface area contributed by atoms with Crippen molar-refractivity contribution in [3.63, 3.8) is 0 Å². The fourth-order valence-electron chi connectivity index (χ4n) is 4.51. The number of aromatic nitrogens is 3. The highest BCUT2D eigenvalue weighted by atomic mass is 19.1. The third-order valence-corrected chi connectivity index (χ3v) is 6.50. The Bertz CT molecular complexity index is 1770. The van der Waals surface area contributed by atoms with E-state index in [9.17, 15) is 23.6 Å². The van der Waals surface area contributed by atoms with E-state index in [-0.39, 0.29) is 46.5 Å². The third kappa shape index (κ3) is 4.52. The lowest BCUT2D eigenvalue weighted by atomic mass is 10.1. The standard InChI is InChI=1S/C27H27FN6O4/c1-14-7-10-20(19(28)11-14)31-24-22-23(15(2)25(36)32-24)33(27(38)34(26(22)37)17-8-9-17)18-6-4-5-16(12-18)30-21(35)13-29-3/h4-7,10-12,17,29H,8-9,13H2,1-3H3,(H,30,35)(H2,31,32,36). The number of hydrogen-bond donors (Lipinski definition) is 4. The number of carbonyl (C=O) groups excluding carboxylic acids is 1. The number of nitrogens with zero attached hydrogens (tertiary/aromatic N) is 2. The maximum atomic E-state index is 14.7. The van der Waals surface area contributed by atoms with Crippen LogP contribution in [0.3, 0.4) is 0 Å². The summed E-state index contributed by atoms with van der Waals surface area (Å²) in [6.07, 6.45) is 1.33. The largest absolute Gasteiger partial charge is 0.339 e. The SMILES string of the molecule is CNCC(=O)Nc1cccc(-n2c(=O)n(C3CC3)c(=O)c3c(Nc4ccc(C)cc4F)[nH]c(=O)c(C)c32)c1. The first-order chi connectivity index (χ1) is 18.2. The molecular weight excluding hydrogens is 491 g/mol. The van der Waals surface area contributed by atoms with E-state index in [1.165, 1.54) is 28.2 Å². The fraction of sp³-hybridized carbons (Fsp3) is 0.259.